The topological polar surface area (TPSA) is 81.4 Å². The van der Waals surface area contributed by atoms with Crippen LogP contribution in [0.4, 0.5) is 16.0 Å². The van der Waals surface area contributed by atoms with Gasteiger partial charge in [0.2, 0.25) is 11.8 Å². The van der Waals surface area contributed by atoms with E-state index in [0.717, 1.165) is 6.42 Å². The maximum absolute atomic E-state index is 13.5. The molecule has 0 fully saturated rings. The second-order valence-electron chi connectivity index (χ2n) is 7.01. The molecule has 7 nitrogen and oxygen atoms in total. The molecule has 32 heavy (non-hydrogen) atoms. The molecule has 0 radical (unpaired) electrons. The van der Waals surface area contributed by atoms with Gasteiger partial charge in [-0.25, -0.2) is 19.3 Å². The van der Waals surface area contributed by atoms with Crippen LogP contribution in [0.25, 0.3) is 22.5 Å². The lowest BCUT2D eigenvalue weighted by atomic mass is 10.0. The molecule has 0 spiro atoms. The van der Waals surface area contributed by atoms with Gasteiger partial charge >= 0.3 is 0 Å². The van der Waals surface area contributed by atoms with Crippen molar-refractivity contribution in [3.05, 3.63) is 72.9 Å². The standard InChI is InChI=1S/C24H21FN4O3/c1-3-13-31-20-6-4-5-19(14-20)29(16(2)30)24-22(21-11-12-26-15-27-21)23(28-32-24)17-7-9-18(25)10-8-17/h4-12,14-15H,3,13H2,1-2H3. The van der Waals surface area contributed by atoms with Gasteiger partial charge in [0, 0.05) is 24.8 Å². The number of anilines is 2. The molecule has 0 saturated carbocycles. The lowest BCUT2D eigenvalue weighted by molar-refractivity contribution is -0.116. The minimum atomic E-state index is -0.365. The molecule has 0 unspecified atom stereocenters. The van der Waals surface area contributed by atoms with Gasteiger partial charge in [0.05, 0.1) is 23.6 Å². The molecule has 4 rings (SSSR count). The SMILES string of the molecule is CCCOc1cccc(N(C(C)=O)c2onc(-c3ccc(F)cc3)c2-c2ccncn2)c1. The molecule has 0 bridgehead atoms. The molecule has 2 aromatic carbocycles. The van der Waals surface area contributed by atoms with Gasteiger partial charge in [-0.1, -0.05) is 18.1 Å². The minimum Gasteiger partial charge on any atom is -0.494 e. The van der Waals surface area contributed by atoms with E-state index in [9.17, 15) is 9.18 Å². The number of carbonyl (C=O) groups excluding carboxylic acids is 1. The highest BCUT2D eigenvalue weighted by molar-refractivity contribution is 6.03. The van der Waals surface area contributed by atoms with E-state index in [1.54, 1.807) is 42.6 Å². The summed E-state index contributed by atoms with van der Waals surface area (Å²) in [6, 6.07) is 14.7. The number of halogens is 1. The van der Waals surface area contributed by atoms with E-state index in [1.165, 1.54) is 30.3 Å². The molecule has 0 saturated heterocycles. The highest BCUT2D eigenvalue weighted by Crippen LogP contribution is 2.41. The van der Waals surface area contributed by atoms with E-state index >= 15 is 0 Å². The first-order chi connectivity index (χ1) is 15.6. The molecule has 4 aromatic rings. The Morgan fingerprint density at radius 1 is 1.16 bits per heavy atom. The normalized spacial score (nSPS) is 10.7. The molecule has 2 heterocycles. The van der Waals surface area contributed by atoms with Crippen molar-refractivity contribution < 1.29 is 18.4 Å². The van der Waals surface area contributed by atoms with Crippen molar-refractivity contribution >= 4 is 17.5 Å². The summed E-state index contributed by atoms with van der Waals surface area (Å²) in [7, 11) is 0. The van der Waals surface area contributed by atoms with Gasteiger partial charge in [0.25, 0.3) is 0 Å². The first-order valence-electron chi connectivity index (χ1n) is 10.1. The lowest BCUT2D eigenvalue weighted by Crippen LogP contribution is -2.23. The van der Waals surface area contributed by atoms with E-state index in [0.29, 0.717) is 40.6 Å². The largest absolute Gasteiger partial charge is 0.494 e. The predicted octanol–water partition coefficient (Wildman–Crippen LogP) is 5.41. The van der Waals surface area contributed by atoms with E-state index in [-0.39, 0.29) is 17.6 Å². The smallest absolute Gasteiger partial charge is 0.248 e. The number of hydrogen-bond donors (Lipinski definition) is 0. The Morgan fingerprint density at radius 3 is 2.66 bits per heavy atom. The van der Waals surface area contributed by atoms with E-state index in [1.807, 2.05) is 13.0 Å². The summed E-state index contributed by atoms with van der Waals surface area (Å²) in [5.74, 6) is 0.186. The van der Waals surface area contributed by atoms with E-state index in [4.69, 9.17) is 9.26 Å². The number of carbonyl (C=O) groups is 1. The Kier molecular flexibility index (Phi) is 6.21. The van der Waals surface area contributed by atoms with Crippen LogP contribution in [-0.4, -0.2) is 27.6 Å². The van der Waals surface area contributed by atoms with Crippen LogP contribution in [0, 0.1) is 5.82 Å². The van der Waals surface area contributed by atoms with Gasteiger partial charge in [-0.2, -0.15) is 0 Å². The van der Waals surface area contributed by atoms with Gasteiger partial charge in [-0.15, -0.1) is 0 Å². The first kappa shape index (κ1) is 21.2. The average molecular weight is 432 g/mol. The van der Waals surface area contributed by atoms with Crippen molar-refractivity contribution in [1.82, 2.24) is 15.1 Å². The molecule has 0 N–H and O–H groups in total. The number of hydrogen-bond acceptors (Lipinski definition) is 6. The van der Waals surface area contributed by atoms with Crippen molar-refractivity contribution in [3.63, 3.8) is 0 Å². The molecule has 162 valence electrons. The zero-order chi connectivity index (χ0) is 22.5. The molecular weight excluding hydrogens is 411 g/mol. The molecular formula is C24H21FN4O3. The molecule has 0 aliphatic carbocycles. The summed E-state index contributed by atoms with van der Waals surface area (Å²) >= 11 is 0. The summed E-state index contributed by atoms with van der Waals surface area (Å²) in [4.78, 5) is 22.5. The van der Waals surface area contributed by atoms with Crippen LogP contribution < -0.4 is 9.64 Å². The van der Waals surface area contributed by atoms with Crippen molar-refractivity contribution in [1.29, 1.82) is 0 Å². The summed E-state index contributed by atoms with van der Waals surface area (Å²) in [6.45, 7) is 4.02. The van der Waals surface area contributed by atoms with Crippen molar-refractivity contribution in [2.24, 2.45) is 0 Å². The summed E-state index contributed by atoms with van der Waals surface area (Å²) in [5.41, 5.74) is 2.62. The number of aromatic nitrogens is 3. The van der Waals surface area contributed by atoms with Gasteiger partial charge < -0.3 is 9.26 Å². The third-order valence-corrected chi connectivity index (χ3v) is 4.70. The Bertz CT molecular complexity index is 1210. The van der Waals surface area contributed by atoms with E-state index in [2.05, 4.69) is 15.1 Å². The van der Waals surface area contributed by atoms with Crippen LogP contribution in [0.5, 0.6) is 5.75 Å². The van der Waals surface area contributed by atoms with Crippen molar-refractivity contribution in [3.8, 4) is 28.3 Å². The summed E-state index contributed by atoms with van der Waals surface area (Å²) in [5, 5.41) is 4.21. The molecule has 1 amide bonds. The zero-order valence-electron chi connectivity index (χ0n) is 17.7. The Labute approximate surface area is 184 Å². The highest BCUT2D eigenvalue weighted by atomic mass is 19.1. The maximum atomic E-state index is 13.5. The van der Waals surface area contributed by atoms with Crippen LogP contribution >= 0.6 is 0 Å². The molecule has 0 aliphatic rings. The summed E-state index contributed by atoms with van der Waals surface area (Å²) < 4.78 is 24.9. The fraction of sp³-hybridized carbons (Fsp3) is 0.167. The van der Waals surface area contributed by atoms with Crippen molar-refractivity contribution in [2.45, 2.75) is 20.3 Å². The Balaban J connectivity index is 1.88. The lowest BCUT2D eigenvalue weighted by Gasteiger charge is -2.20. The van der Waals surface area contributed by atoms with Crippen LogP contribution in [0.2, 0.25) is 0 Å². The summed E-state index contributed by atoms with van der Waals surface area (Å²) in [6.07, 6.45) is 3.85. The van der Waals surface area contributed by atoms with Gasteiger partial charge in [0.1, 0.15) is 23.6 Å². The Hall–Kier alpha value is -4.07. The Morgan fingerprint density at radius 2 is 1.97 bits per heavy atom. The highest BCUT2D eigenvalue weighted by Gasteiger charge is 2.28. The first-order valence-corrected chi connectivity index (χ1v) is 10.1. The van der Waals surface area contributed by atoms with Gasteiger partial charge in [-0.3, -0.25) is 4.79 Å². The second-order valence-corrected chi connectivity index (χ2v) is 7.01. The number of rotatable bonds is 7. The number of ether oxygens (including phenoxy) is 1. The second kappa shape index (κ2) is 9.38. The molecule has 0 atom stereocenters. The van der Waals surface area contributed by atoms with Crippen LogP contribution in [0.3, 0.4) is 0 Å². The number of amides is 1. The van der Waals surface area contributed by atoms with Crippen LogP contribution in [0.1, 0.15) is 20.3 Å². The van der Waals surface area contributed by atoms with Crippen molar-refractivity contribution in [2.75, 3.05) is 11.5 Å². The van der Waals surface area contributed by atoms with E-state index < -0.39 is 0 Å². The average Bonchev–Trinajstić information content (AvgIpc) is 3.23. The molecule has 2 aromatic heterocycles. The van der Waals surface area contributed by atoms with Crippen LogP contribution in [0.15, 0.2) is 71.6 Å². The minimum absolute atomic E-state index is 0.197. The molecule has 8 heteroatoms. The monoisotopic (exact) mass is 432 g/mol. The van der Waals surface area contributed by atoms with Crippen LogP contribution in [-0.2, 0) is 4.79 Å². The maximum Gasteiger partial charge on any atom is 0.248 e. The predicted molar refractivity (Wildman–Crippen MR) is 118 cm³/mol. The van der Waals surface area contributed by atoms with Gasteiger partial charge in [-0.05, 0) is 48.9 Å². The zero-order valence-corrected chi connectivity index (χ0v) is 17.7. The number of nitrogens with zero attached hydrogens (tertiary/aromatic N) is 4. The number of benzene rings is 2. The quantitative estimate of drug-likeness (QED) is 0.388. The molecule has 0 aliphatic heterocycles. The third-order valence-electron chi connectivity index (χ3n) is 4.70. The fourth-order valence-corrected chi connectivity index (χ4v) is 3.28. The fourth-order valence-electron chi connectivity index (χ4n) is 3.28. The van der Waals surface area contributed by atoms with Gasteiger partial charge in [0.15, 0.2) is 0 Å². The third kappa shape index (κ3) is 4.34.